The van der Waals surface area contributed by atoms with Gasteiger partial charge in [0.2, 0.25) is 0 Å². The molecule has 0 saturated carbocycles. The Balaban J connectivity index is 1.61. The van der Waals surface area contributed by atoms with Crippen molar-refractivity contribution in [2.45, 2.75) is 9.79 Å². The molecule has 0 heterocycles. The highest BCUT2D eigenvalue weighted by Crippen LogP contribution is 2.39. The standard InChI is InChI=1S/C22H16N4O8S2/c27-20-9-4-13-10-17(36(32,33)34)6-7-18(13)22(20)26-25-19-8-5-15(12-21(19)28)24-23-14-2-1-3-16(11-14)35(29,30)31/h1-12,27-28H,(H,29,30,31)(H,32,33,34). The third-order valence-electron chi connectivity index (χ3n) is 4.85. The summed E-state index contributed by atoms with van der Waals surface area (Å²) in [4.78, 5) is -0.667. The molecule has 0 aliphatic carbocycles. The van der Waals surface area contributed by atoms with Crippen molar-refractivity contribution in [3.05, 3.63) is 72.8 Å². The van der Waals surface area contributed by atoms with Gasteiger partial charge in [-0.1, -0.05) is 18.2 Å². The fraction of sp³-hybridized carbons (Fsp3) is 0. The maximum Gasteiger partial charge on any atom is 0.294 e. The number of azo groups is 2. The number of rotatable bonds is 6. The first kappa shape index (κ1) is 24.9. The number of fused-ring (bicyclic) bond motifs is 1. The van der Waals surface area contributed by atoms with E-state index in [-0.39, 0.29) is 44.0 Å². The highest BCUT2D eigenvalue weighted by atomic mass is 32.2. The lowest BCUT2D eigenvalue weighted by Gasteiger charge is -2.06. The van der Waals surface area contributed by atoms with Gasteiger partial charge in [0.05, 0.1) is 21.2 Å². The largest absolute Gasteiger partial charge is 0.506 e. The molecular weight excluding hydrogens is 512 g/mol. The lowest BCUT2D eigenvalue weighted by molar-refractivity contribution is 0.474. The first-order valence-electron chi connectivity index (χ1n) is 9.89. The number of hydrogen-bond acceptors (Lipinski definition) is 10. The number of aromatic hydroxyl groups is 2. The topological polar surface area (TPSA) is 199 Å². The molecule has 0 aliphatic rings. The van der Waals surface area contributed by atoms with Crippen molar-refractivity contribution in [3.63, 3.8) is 0 Å². The molecule has 14 heteroatoms. The van der Waals surface area contributed by atoms with E-state index in [0.717, 1.165) is 12.1 Å². The van der Waals surface area contributed by atoms with Gasteiger partial charge in [-0.3, -0.25) is 9.11 Å². The van der Waals surface area contributed by atoms with Gasteiger partial charge in [-0.2, -0.15) is 27.1 Å². The Morgan fingerprint density at radius 3 is 1.92 bits per heavy atom. The highest BCUT2D eigenvalue weighted by Gasteiger charge is 2.13. The van der Waals surface area contributed by atoms with Gasteiger partial charge in [0, 0.05) is 11.5 Å². The van der Waals surface area contributed by atoms with Gasteiger partial charge >= 0.3 is 0 Å². The van der Waals surface area contributed by atoms with Crippen LogP contribution in [0.25, 0.3) is 10.8 Å². The monoisotopic (exact) mass is 528 g/mol. The molecule has 184 valence electrons. The average molecular weight is 529 g/mol. The van der Waals surface area contributed by atoms with Gasteiger partial charge in [0.25, 0.3) is 20.2 Å². The second kappa shape index (κ2) is 9.43. The molecule has 0 spiro atoms. The Bertz CT molecular complexity index is 1770. The second-order valence-electron chi connectivity index (χ2n) is 7.34. The van der Waals surface area contributed by atoms with E-state index in [1.165, 1.54) is 60.7 Å². The van der Waals surface area contributed by atoms with E-state index < -0.39 is 20.2 Å². The quantitative estimate of drug-likeness (QED) is 0.184. The fourth-order valence-corrected chi connectivity index (χ4v) is 4.17. The molecule has 0 bridgehead atoms. The van der Waals surface area contributed by atoms with Crippen molar-refractivity contribution >= 4 is 53.8 Å². The van der Waals surface area contributed by atoms with E-state index in [1.54, 1.807) is 0 Å². The van der Waals surface area contributed by atoms with Crippen molar-refractivity contribution < 1.29 is 36.2 Å². The Labute approximate surface area is 204 Å². The number of nitrogens with zero attached hydrogens (tertiary/aromatic N) is 4. The molecule has 4 aromatic carbocycles. The van der Waals surface area contributed by atoms with Gasteiger partial charge in [-0.05, 0) is 53.9 Å². The third kappa shape index (κ3) is 5.52. The van der Waals surface area contributed by atoms with Crippen molar-refractivity contribution in [3.8, 4) is 11.5 Å². The van der Waals surface area contributed by atoms with E-state index in [0.29, 0.717) is 10.8 Å². The van der Waals surface area contributed by atoms with Crippen LogP contribution < -0.4 is 0 Å². The molecule has 0 aromatic heterocycles. The summed E-state index contributed by atoms with van der Waals surface area (Å²) in [6.45, 7) is 0. The van der Waals surface area contributed by atoms with Crippen LogP contribution in [0.5, 0.6) is 11.5 Å². The van der Waals surface area contributed by atoms with Crippen LogP contribution in [0.2, 0.25) is 0 Å². The Hall–Kier alpha value is -4.24. The van der Waals surface area contributed by atoms with Crippen molar-refractivity contribution in [2.24, 2.45) is 20.5 Å². The molecule has 0 radical (unpaired) electrons. The summed E-state index contributed by atoms with van der Waals surface area (Å²) in [6.07, 6.45) is 0. The van der Waals surface area contributed by atoms with Gasteiger partial charge in [-0.25, -0.2) is 0 Å². The molecule has 0 amide bonds. The number of hydrogen-bond donors (Lipinski definition) is 4. The zero-order chi connectivity index (χ0) is 26.1. The summed E-state index contributed by atoms with van der Waals surface area (Å²) < 4.78 is 63.6. The van der Waals surface area contributed by atoms with Crippen molar-refractivity contribution in [1.29, 1.82) is 0 Å². The maximum atomic E-state index is 11.4. The van der Waals surface area contributed by atoms with E-state index >= 15 is 0 Å². The van der Waals surface area contributed by atoms with Crippen LogP contribution in [0.1, 0.15) is 0 Å². The number of phenolic OH excluding ortho intramolecular Hbond substituents is 2. The summed E-state index contributed by atoms with van der Waals surface area (Å²) in [5.74, 6) is -0.571. The molecule has 36 heavy (non-hydrogen) atoms. The van der Waals surface area contributed by atoms with Crippen molar-refractivity contribution in [2.75, 3.05) is 0 Å². The molecule has 4 rings (SSSR count). The SMILES string of the molecule is O=S(=O)(O)c1cccc(N=Nc2ccc(N=Nc3c(O)ccc4cc(S(=O)(=O)O)ccc34)c(O)c2)c1. The Morgan fingerprint density at radius 1 is 0.583 bits per heavy atom. The summed E-state index contributed by atoms with van der Waals surface area (Å²) in [5.41, 5.74) is 0.385. The van der Waals surface area contributed by atoms with Gasteiger partial charge in [0.1, 0.15) is 22.9 Å². The predicted octanol–water partition coefficient (Wildman–Crippen LogP) is 5.58. The minimum absolute atomic E-state index is 0.0104. The molecule has 0 unspecified atom stereocenters. The normalized spacial score (nSPS) is 12.6. The Morgan fingerprint density at radius 2 is 1.25 bits per heavy atom. The van der Waals surface area contributed by atoms with Crippen LogP contribution in [0.4, 0.5) is 22.7 Å². The van der Waals surface area contributed by atoms with Gasteiger partial charge < -0.3 is 10.2 Å². The number of benzene rings is 4. The maximum absolute atomic E-state index is 11.4. The summed E-state index contributed by atoms with van der Waals surface area (Å²) in [7, 11) is -8.81. The van der Waals surface area contributed by atoms with Crippen LogP contribution in [0.3, 0.4) is 0 Å². The molecule has 0 saturated heterocycles. The first-order valence-corrected chi connectivity index (χ1v) is 12.8. The van der Waals surface area contributed by atoms with Gasteiger partial charge in [0.15, 0.2) is 0 Å². The molecule has 12 nitrogen and oxygen atoms in total. The molecule has 0 aliphatic heterocycles. The summed E-state index contributed by atoms with van der Waals surface area (Å²) in [5, 5.41) is 36.9. The molecule has 0 atom stereocenters. The van der Waals surface area contributed by atoms with Crippen LogP contribution in [0.15, 0.2) is 103 Å². The van der Waals surface area contributed by atoms with E-state index in [9.17, 15) is 31.6 Å². The molecule has 0 fully saturated rings. The molecule has 4 N–H and O–H groups in total. The van der Waals surface area contributed by atoms with Crippen molar-refractivity contribution in [1.82, 2.24) is 0 Å². The predicted molar refractivity (Wildman–Crippen MR) is 128 cm³/mol. The van der Waals surface area contributed by atoms with Crippen LogP contribution >= 0.6 is 0 Å². The van der Waals surface area contributed by atoms with Crippen LogP contribution in [0, 0.1) is 0 Å². The smallest absolute Gasteiger partial charge is 0.294 e. The molecular formula is C22H16N4O8S2. The molecule has 4 aromatic rings. The van der Waals surface area contributed by atoms with E-state index in [2.05, 4.69) is 20.5 Å². The Kier molecular flexibility index (Phi) is 6.51. The minimum Gasteiger partial charge on any atom is -0.506 e. The van der Waals surface area contributed by atoms with E-state index in [1.807, 2.05) is 0 Å². The lowest BCUT2D eigenvalue weighted by atomic mass is 10.1. The zero-order valence-corrected chi connectivity index (χ0v) is 19.6. The number of phenols is 2. The zero-order valence-electron chi connectivity index (χ0n) is 18.0. The van der Waals surface area contributed by atoms with Gasteiger partial charge in [-0.15, -0.1) is 10.2 Å². The van der Waals surface area contributed by atoms with Crippen LogP contribution in [-0.2, 0) is 20.2 Å². The van der Waals surface area contributed by atoms with Crippen LogP contribution in [-0.4, -0.2) is 36.2 Å². The average Bonchev–Trinajstić information content (AvgIpc) is 2.82. The highest BCUT2D eigenvalue weighted by molar-refractivity contribution is 7.86. The summed E-state index contributed by atoms with van der Waals surface area (Å²) >= 11 is 0. The summed E-state index contributed by atoms with van der Waals surface area (Å²) in [6, 6.07) is 15.7. The first-order chi connectivity index (χ1) is 16.9. The third-order valence-corrected chi connectivity index (χ3v) is 6.55. The minimum atomic E-state index is -4.42. The second-order valence-corrected chi connectivity index (χ2v) is 10.2. The lowest BCUT2D eigenvalue weighted by Crippen LogP contribution is -1.97. The fourth-order valence-electron chi connectivity index (χ4n) is 3.13. The van der Waals surface area contributed by atoms with E-state index in [4.69, 9.17) is 4.55 Å².